The lowest BCUT2D eigenvalue weighted by Gasteiger charge is -2.48. The van der Waals surface area contributed by atoms with Gasteiger partial charge in [-0.15, -0.1) is 0 Å². The maximum Gasteiger partial charge on any atom is 0.418 e. The van der Waals surface area contributed by atoms with Gasteiger partial charge < -0.3 is 14.7 Å². The second-order valence-electron chi connectivity index (χ2n) is 8.98. The quantitative estimate of drug-likeness (QED) is 0.279. The maximum absolute atomic E-state index is 14.2. The second-order valence-corrected chi connectivity index (χ2v) is 8.98. The first-order valence-corrected chi connectivity index (χ1v) is 11.1. The van der Waals surface area contributed by atoms with Crippen molar-refractivity contribution in [2.45, 2.75) is 91.5 Å². The van der Waals surface area contributed by atoms with Crippen LogP contribution in [-0.4, -0.2) is 41.0 Å². The molecule has 6 heteroatoms. The molecule has 0 aromatic carbocycles. The lowest BCUT2D eigenvalue weighted by molar-refractivity contribution is -0.0955. The van der Waals surface area contributed by atoms with Crippen molar-refractivity contribution in [2.24, 2.45) is 11.8 Å². The number of aliphatic hydroxyl groups is 1. The van der Waals surface area contributed by atoms with E-state index < -0.39 is 17.4 Å². The molecule has 0 amide bonds. The zero-order valence-corrected chi connectivity index (χ0v) is 19.5. The van der Waals surface area contributed by atoms with Gasteiger partial charge in [0.1, 0.15) is 0 Å². The molecule has 0 radical (unpaired) electrons. The third kappa shape index (κ3) is 7.45. The van der Waals surface area contributed by atoms with Crippen LogP contribution < -0.4 is 0 Å². The number of halogens is 3. The molecule has 0 aromatic heterocycles. The topological polar surface area (TPSA) is 32.7 Å². The molecule has 1 N–H and O–H groups in total. The molecule has 0 aliphatic heterocycles. The molecule has 1 aliphatic carbocycles. The van der Waals surface area contributed by atoms with Gasteiger partial charge in [-0.2, -0.15) is 13.2 Å². The van der Waals surface area contributed by atoms with Gasteiger partial charge in [0.25, 0.3) is 0 Å². The molecule has 2 unspecified atom stereocenters. The van der Waals surface area contributed by atoms with Crippen molar-refractivity contribution in [2.75, 3.05) is 13.2 Å². The van der Waals surface area contributed by atoms with Crippen molar-refractivity contribution in [1.82, 2.24) is 4.90 Å². The smallest absolute Gasteiger partial charge is 0.390 e. The molecule has 1 fully saturated rings. The summed E-state index contributed by atoms with van der Waals surface area (Å²) in [5.41, 5.74) is -0.706. The van der Waals surface area contributed by atoms with Crippen LogP contribution in [0.5, 0.6) is 0 Å². The van der Waals surface area contributed by atoms with Crippen LogP contribution in [0.1, 0.15) is 73.6 Å². The second kappa shape index (κ2) is 11.4. The summed E-state index contributed by atoms with van der Waals surface area (Å²) in [6.07, 6.45) is 1.51. The standard InChI is InChI=1S/C24H40F3NO2/c1-8-17(4)11-13-30-14-12-21(24(25,26)27)22(19(6)18(5)9-2)28(10-3)20-15-23(7,29)16-20/h10,12,17-18,20,29H,3,8-9,11,13-16H2,1-2,4-7H3/b21-12+,22-19-. The van der Waals surface area contributed by atoms with E-state index in [1.54, 1.807) is 18.7 Å². The Hall–Kier alpha value is -1.27. The summed E-state index contributed by atoms with van der Waals surface area (Å²) >= 11 is 0. The SMILES string of the molecule is C=CN(C(=C(/C)C(C)CC)/C(=C\COCCC(C)CC)C(F)(F)F)C1CC(C)(O)C1. The Morgan fingerprint density at radius 2 is 1.87 bits per heavy atom. The van der Waals surface area contributed by atoms with Crippen LogP contribution in [0.15, 0.2) is 35.7 Å². The summed E-state index contributed by atoms with van der Waals surface area (Å²) in [6, 6.07) is -0.205. The Balaban J connectivity index is 3.24. The summed E-state index contributed by atoms with van der Waals surface area (Å²) in [7, 11) is 0. The number of hydrogen-bond acceptors (Lipinski definition) is 3. The number of nitrogens with zero attached hydrogens (tertiary/aromatic N) is 1. The summed E-state index contributed by atoms with van der Waals surface area (Å²) in [4.78, 5) is 1.61. The highest BCUT2D eigenvalue weighted by Crippen LogP contribution is 2.43. The lowest BCUT2D eigenvalue weighted by Crippen LogP contribution is -2.52. The number of allylic oxidation sites excluding steroid dienone is 2. The highest BCUT2D eigenvalue weighted by molar-refractivity contribution is 5.40. The van der Waals surface area contributed by atoms with Gasteiger partial charge in [0.15, 0.2) is 0 Å². The van der Waals surface area contributed by atoms with Gasteiger partial charge in [0.2, 0.25) is 0 Å². The van der Waals surface area contributed by atoms with Gasteiger partial charge in [-0.05, 0) is 69.2 Å². The molecule has 2 atom stereocenters. The summed E-state index contributed by atoms with van der Waals surface area (Å²) < 4.78 is 48.0. The molecule has 0 bridgehead atoms. The molecule has 0 aromatic rings. The van der Waals surface area contributed by atoms with Crippen molar-refractivity contribution in [3.8, 4) is 0 Å². The minimum Gasteiger partial charge on any atom is -0.390 e. The summed E-state index contributed by atoms with van der Waals surface area (Å²) in [6.45, 7) is 15.7. The van der Waals surface area contributed by atoms with Gasteiger partial charge in [-0.3, -0.25) is 0 Å². The van der Waals surface area contributed by atoms with Crippen molar-refractivity contribution >= 4 is 0 Å². The van der Waals surface area contributed by atoms with E-state index in [-0.39, 0.29) is 24.3 Å². The van der Waals surface area contributed by atoms with E-state index in [1.165, 1.54) is 6.20 Å². The maximum atomic E-state index is 14.2. The first kappa shape index (κ1) is 26.8. The number of rotatable bonds is 12. The molecule has 0 saturated heterocycles. The Kier molecular flexibility index (Phi) is 10.2. The van der Waals surface area contributed by atoms with Gasteiger partial charge in [0.05, 0.1) is 23.5 Å². The van der Waals surface area contributed by atoms with Gasteiger partial charge in [0, 0.05) is 12.6 Å². The van der Waals surface area contributed by atoms with E-state index in [0.717, 1.165) is 25.3 Å². The fraction of sp³-hybridized carbons (Fsp3) is 0.750. The highest BCUT2D eigenvalue weighted by Gasteiger charge is 2.45. The normalized spacial score (nSPS) is 25.3. The fourth-order valence-corrected chi connectivity index (χ4v) is 3.73. The number of ether oxygens (including phenoxy) is 1. The Morgan fingerprint density at radius 3 is 2.30 bits per heavy atom. The van der Waals surface area contributed by atoms with Crippen LogP contribution >= 0.6 is 0 Å². The third-order valence-corrected chi connectivity index (χ3v) is 6.34. The van der Waals surface area contributed by atoms with Crippen molar-refractivity contribution < 1.29 is 23.0 Å². The summed E-state index contributed by atoms with van der Waals surface area (Å²) in [5, 5.41) is 10.1. The molecule has 1 aliphatic rings. The van der Waals surface area contributed by atoms with E-state index in [9.17, 15) is 18.3 Å². The number of alkyl halides is 3. The Morgan fingerprint density at radius 1 is 1.27 bits per heavy atom. The fourth-order valence-electron chi connectivity index (χ4n) is 3.73. The van der Waals surface area contributed by atoms with Crippen molar-refractivity contribution in [1.29, 1.82) is 0 Å². The van der Waals surface area contributed by atoms with E-state index in [2.05, 4.69) is 20.4 Å². The van der Waals surface area contributed by atoms with Crippen LogP contribution in [0.3, 0.4) is 0 Å². The summed E-state index contributed by atoms with van der Waals surface area (Å²) in [5.74, 6) is 0.474. The van der Waals surface area contributed by atoms with Crippen LogP contribution in [0, 0.1) is 11.8 Å². The van der Waals surface area contributed by atoms with Crippen LogP contribution in [0.2, 0.25) is 0 Å². The zero-order chi connectivity index (χ0) is 23.1. The van der Waals surface area contributed by atoms with E-state index in [1.807, 2.05) is 13.8 Å². The molecule has 3 nitrogen and oxygen atoms in total. The Labute approximate surface area is 180 Å². The molecular weight excluding hydrogens is 391 g/mol. The van der Waals surface area contributed by atoms with Gasteiger partial charge in [-0.1, -0.05) is 40.7 Å². The largest absolute Gasteiger partial charge is 0.418 e. The van der Waals surface area contributed by atoms with Crippen molar-refractivity contribution in [3.63, 3.8) is 0 Å². The average molecular weight is 432 g/mol. The molecule has 1 rings (SSSR count). The molecular formula is C24H40F3NO2. The first-order valence-electron chi connectivity index (χ1n) is 11.1. The predicted octanol–water partition coefficient (Wildman–Crippen LogP) is 6.61. The van der Waals surface area contributed by atoms with Crippen LogP contribution in [0.25, 0.3) is 0 Å². The average Bonchev–Trinajstić information content (AvgIpc) is 2.65. The van der Waals surface area contributed by atoms with Gasteiger partial charge in [-0.25, -0.2) is 0 Å². The minimum absolute atomic E-state index is 0.0138. The van der Waals surface area contributed by atoms with Crippen LogP contribution in [-0.2, 0) is 4.74 Å². The Bertz CT molecular complexity index is 614. The van der Waals surface area contributed by atoms with Crippen molar-refractivity contribution in [3.05, 3.63) is 35.7 Å². The minimum atomic E-state index is -4.52. The monoisotopic (exact) mass is 431 g/mol. The van der Waals surface area contributed by atoms with Crippen LogP contribution in [0.4, 0.5) is 13.2 Å². The number of hydrogen-bond donors (Lipinski definition) is 1. The molecule has 1 saturated carbocycles. The van der Waals surface area contributed by atoms with E-state index in [4.69, 9.17) is 4.74 Å². The molecule has 0 spiro atoms. The van der Waals surface area contributed by atoms with E-state index >= 15 is 0 Å². The highest BCUT2D eigenvalue weighted by atomic mass is 19.4. The lowest BCUT2D eigenvalue weighted by atomic mass is 9.75. The molecule has 174 valence electrons. The molecule has 30 heavy (non-hydrogen) atoms. The van der Waals surface area contributed by atoms with E-state index in [0.29, 0.717) is 30.9 Å². The predicted molar refractivity (Wildman–Crippen MR) is 117 cm³/mol. The zero-order valence-electron chi connectivity index (χ0n) is 19.5. The molecule has 0 heterocycles. The first-order chi connectivity index (χ1) is 13.9. The third-order valence-electron chi connectivity index (χ3n) is 6.34. The van der Waals surface area contributed by atoms with Gasteiger partial charge >= 0.3 is 6.18 Å².